The van der Waals surface area contributed by atoms with Crippen molar-refractivity contribution >= 4 is 11.3 Å². The van der Waals surface area contributed by atoms with Crippen LogP contribution in [-0.2, 0) is 6.54 Å². The summed E-state index contributed by atoms with van der Waals surface area (Å²) >= 11 is 1.66. The van der Waals surface area contributed by atoms with E-state index in [1.165, 1.54) is 4.88 Å². The molecule has 1 saturated heterocycles. The first-order chi connectivity index (χ1) is 8.59. The molecule has 2 rings (SSSR count). The Bertz CT molecular complexity index is 456. The zero-order valence-electron chi connectivity index (χ0n) is 10.6. The fraction of sp³-hybridized carbons (Fsp3) is 0.571. The van der Waals surface area contributed by atoms with Crippen molar-refractivity contribution in [3.8, 4) is 11.8 Å². The molecule has 2 N–H and O–H groups in total. The van der Waals surface area contributed by atoms with Crippen LogP contribution < -0.4 is 0 Å². The van der Waals surface area contributed by atoms with Gasteiger partial charge in [-0.25, -0.2) is 0 Å². The molecule has 0 aromatic carbocycles. The highest BCUT2D eigenvalue weighted by Crippen LogP contribution is 2.24. The van der Waals surface area contributed by atoms with Gasteiger partial charge in [0.2, 0.25) is 0 Å². The number of rotatable bonds is 2. The van der Waals surface area contributed by atoms with Crippen LogP contribution in [0.25, 0.3) is 0 Å². The number of likely N-dealkylation sites (tertiary alicyclic amines) is 1. The Morgan fingerprint density at radius 2 is 2.33 bits per heavy atom. The fourth-order valence-electron chi connectivity index (χ4n) is 2.34. The maximum absolute atomic E-state index is 10.1. The van der Waals surface area contributed by atoms with Crippen molar-refractivity contribution < 1.29 is 10.2 Å². The average molecular weight is 265 g/mol. The van der Waals surface area contributed by atoms with Crippen molar-refractivity contribution in [2.24, 2.45) is 0 Å². The summed E-state index contributed by atoms with van der Waals surface area (Å²) in [4.78, 5) is 4.54. The van der Waals surface area contributed by atoms with Gasteiger partial charge in [0.25, 0.3) is 0 Å². The Morgan fingerprint density at radius 3 is 3.06 bits per heavy atom. The van der Waals surface area contributed by atoms with Crippen LogP contribution in [-0.4, -0.2) is 40.4 Å². The van der Waals surface area contributed by atoms with Crippen molar-refractivity contribution in [3.05, 3.63) is 21.9 Å². The van der Waals surface area contributed by atoms with Crippen LogP contribution in [0.5, 0.6) is 0 Å². The molecule has 2 heterocycles. The summed E-state index contributed by atoms with van der Waals surface area (Å²) in [6.07, 6.45) is 1.94. The minimum Gasteiger partial charge on any atom is -0.389 e. The predicted octanol–water partition coefficient (Wildman–Crippen LogP) is 1.44. The minimum atomic E-state index is -0.547. The number of piperidine rings is 1. The molecule has 0 aliphatic carbocycles. The lowest BCUT2D eigenvalue weighted by Gasteiger charge is -2.36. The third-order valence-corrected chi connectivity index (χ3v) is 4.07. The smallest absolute Gasteiger partial charge is 0.104 e. The van der Waals surface area contributed by atoms with E-state index in [0.717, 1.165) is 37.4 Å². The SMILES string of the molecule is CC1(O)CCCN(Cc2ccc(C#CCO)s2)C1. The largest absolute Gasteiger partial charge is 0.389 e. The summed E-state index contributed by atoms with van der Waals surface area (Å²) in [5.41, 5.74) is -0.547. The van der Waals surface area contributed by atoms with E-state index in [-0.39, 0.29) is 6.61 Å². The topological polar surface area (TPSA) is 43.7 Å². The summed E-state index contributed by atoms with van der Waals surface area (Å²) in [6.45, 7) is 4.48. The zero-order chi connectivity index (χ0) is 13.0. The van der Waals surface area contributed by atoms with Gasteiger partial charge in [-0.15, -0.1) is 11.3 Å². The van der Waals surface area contributed by atoms with Crippen molar-refractivity contribution in [2.75, 3.05) is 19.7 Å². The highest BCUT2D eigenvalue weighted by atomic mass is 32.1. The predicted molar refractivity (Wildman–Crippen MR) is 73.4 cm³/mol. The van der Waals surface area contributed by atoms with E-state index in [0.29, 0.717) is 0 Å². The molecule has 0 bridgehead atoms. The standard InChI is InChI=1S/C14H19NO2S/c1-14(17)7-3-8-15(11-14)10-13-6-5-12(18-13)4-2-9-16/h5-6,16-17H,3,7-11H2,1H3. The second-order valence-electron chi connectivity index (χ2n) is 5.04. The number of hydrogen-bond acceptors (Lipinski definition) is 4. The molecule has 4 heteroatoms. The quantitative estimate of drug-likeness (QED) is 0.795. The normalized spacial score (nSPS) is 24.6. The monoisotopic (exact) mass is 265 g/mol. The Kier molecular flexibility index (Phi) is 4.41. The molecular weight excluding hydrogens is 246 g/mol. The van der Waals surface area contributed by atoms with Crippen LogP contribution in [0.3, 0.4) is 0 Å². The van der Waals surface area contributed by atoms with E-state index in [1.807, 2.05) is 13.0 Å². The molecule has 1 fully saturated rings. The van der Waals surface area contributed by atoms with Gasteiger partial charge in [0.05, 0.1) is 10.5 Å². The lowest BCUT2D eigenvalue weighted by molar-refractivity contribution is -0.0178. The number of nitrogens with zero attached hydrogens (tertiary/aromatic N) is 1. The van der Waals surface area contributed by atoms with Gasteiger partial charge < -0.3 is 10.2 Å². The molecule has 0 spiro atoms. The van der Waals surface area contributed by atoms with Gasteiger partial charge in [-0.3, -0.25) is 4.90 Å². The van der Waals surface area contributed by atoms with Crippen molar-refractivity contribution in [2.45, 2.75) is 31.9 Å². The Morgan fingerprint density at radius 1 is 1.50 bits per heavy atom. The highest BCUT2D eigenvalue weighted by molar-refractivity contribution is 7.12. The minimum absolute atomic E-state index is 0.0950. The number of hydrogen-bond donors (Lipinski definition) is 2. The molecule has 1 aliphatic heterocycles. The maximum atomic E-state index is 10.1. The number of thiophene rings is 1. The Balaban J connectivity index is 1.95. The van der Waals surface area contributed by atoms with Gasteiger partial charge in [-0.2, -0.15) is 0 Å². The van der Waals surface area contributed by atoms with Crippen molar-refractivity contribution in [3.63, 3.8) is 0 Å². The summed E-state index contributed by atoms with van der Waals surface area (Å²) in [5, 5.41) is 18.7. The van der Waals surface area contributed by atoms with E-state index in [4.69, 9.17) is 5.11 Å². The van der Waals surface area contributed by atoms with Gasteiger partial charge >= 0.3 is 0 Å². The van der Waals surface area contributed by atoms with Crippen molar-refractivity contribution in [1.82, 2.24) is 4.90 Å². The number of aliphatic hydroxyl groups is 2. The van der Waals surface area contributed by atoms with Gasteiger partial charge in [0.1, 0.15) is 6.61 Å². The van der Waals surface area contributed by atoms with Gasteiger partial charge in [0, 0.05) is 18.0 Å². The number of β-amino-alcohol motifs (C(OH)–C–C–N with tert-alkyl or cyclic N) is 1. The van der Waals surface area contributed by atoms with E-state index in [9.17, 15) is 5.11 Å². The molecule has 1 atom stereocenters. The van der Waals surface area contributed by atoms with Crippen LogP contribution in [0.1, 0.15) is 29.5 Å². The molecular formula is C14H19NO2S. The van der Waals surface area contributed by atoms with Gasteiger partial charge in [-0.1, -0.05) is 11.8 Å². The first-order valence-corrected chi connectivity index (χ1v) is 7.04. The molecule has 98 valence electrons. The van der Waals surface area contributed by atoms with Gasteiger partial charge in [0.15, 0.2) is 0 Å². The molecule has 0 amide bonds. The molecule has 1 aromatic rings. The first kappa shape index (κ1) is 13.6. The molecule has 1 unspecified atom stereocenters. The summed E-state index contributed by atoms with van der Waals surface area (Å²) in [5.74, 6) is 5.58. The highest BCUT2D eigenvalue weighted by Gasteiger charge is 2.28. The van der Waals surface area contributed by atoms with E-state index in [2.05, 4.69) is 22.8 Å². The summed E-state index contributed by atoms with van der Waals surface area (Å²) < 4.78 is 0. The summed E-state index contributed by atoms with van der Waals surface area (Å²) in [7, 11) is 0. The zero-order valence-corrected chi connectivity index (χ0v) is 11.5. The van der Waals surface area contributed by atoms with Crippen LogP contribution in [0, 0.1) is 11.8 Å². The Labute approximate surface area is 112 Å². The maximum Gasteiger partial charge on any atom is 0.104 e. The number of aliphatic hydroxyl groups excluding tert-OH is 1. The third kappa shape index (κ3) is 3.82. The molecule has 18 heavy (non-hydrogen) atoms. The van der Waals surface area contributed by atoms with Crippen LogP contribution in [0.2, 0.25) is 0 Å². The van der Waals surface area contributed by atoms with E-state index in [1.54, 1.807) is 11.3 Å². The lowest BCUT2D eigenvalue weighted by Crippen LogP contribution is -2.45. The second kappa shape index (κ2) is 5.85. The average Bonchev–Trinajstić information content (AvgIpc) is 2.73. The van der Waals surface area contributed by atoms with E-state index >= 15 is 0 Å². The van der Waals surface area contributed by atoms with Crippen LogP contribution in [0.4, 0.5) is 0 Å². The second-order valence-corrected chi connectivity index (χ2v) is 6.21. The molecule has 3 nitrogen and oxygen atoms in total. The molecule has 0 radical (unpaired) electrons. The molecule has 1 aliphatic rings. The fourth-order valence-corrected chi connectivity index (χ4v) is 3.26. The van der Waals surface area contributed by atoms with Gasteiger partial charge in [-0.05, 0) is 38.4 Å². The van der Waals surface area contributed by atoms with Crippen LogP contribution >= 0.6 is 11.3 Å². The summed E-state index contributed by atoms with van der Waals surface area (Å²) in [6, 6.07) is 4.07. The lowest BCUT2D eigenvalue weighted by atomic mass is 9.95. The Hall–Kier alpha value is -0.860. The third-order valence-electron chi connectivity index (χ3n) is 3.09. The molecule has 1 aromatic heterocycles. The van der Waals surface area contributed by atoms with E-state index < -0.39 is 5.60 Å². The van der Waals surface area contributed by atoms with Crippen molar-refractivity contribution in [1.29, 1.82) is 0 Å². The van der Waals surface area contributed by atoms with Crippen LogP contribution in [0.15, 0.2) is 12.1 Å². The first-order valence-electron chi connectivity index (χ1n) is 6.22. The molecule has 0 saturated carbocycles.